The highest BCUT2D eigenvalue weighted by atomic mass is 32.2. The lowest BCUT2D eigenvalue weighted by molar-refractivity contribution is 0.683. The van der Waals surface area contributed by atoms with Crippen LogP contribution in [-0.2, 0) is 7.05 Å². The summed E-state index contributed by atoms with van der Waals surface area (Å²) in [6, 6.07) is 0. The SMILES string of the molecule is CSc1nc(C)nn1C. The lowest BCUT2D eigenvalue weighted by Crippen LogP contribution is -1.91. The molecule has 0 N–H and O–H groups in total. The topological polar surface area (TPSA) is 30.7 Å². The Hall–Kier alpha value is -0.510. The summed E-state index contributed by atoms with van der Waals surface area (Å²) in [5, 5.41) is 5.03. The molecular weight excluding hydrogens is 134 g/mol. The fraction of sp³-hybridized carbons (Fsp3) is 0.600. The first-order chi connectivity index (χ1) is 4.24. The fourth-order valence-electron chi connectivity index (χ4n) is 0.671. The Morgan fingerprint density at radius 2 is 2.22 bits per heavy atom. The molecular formula is C5H9N3S. The van der Waals surface area contributed by atoms with Crippen LogP contribution in [0.3, 0.4) is 0 Å². The molecule has 1 heterocycles. The summed E-state index contributed by atoms with van der Waals surface area (Å²) >= 11 is 1.61. The van der Waals surface area contributed by atoms with Gasteiger partial charge in [0.2, 0.25) is 0 Å². The van der Waals surface area contributed by atoms with Gasteiger partial charge in [0.05, 0.1) is 0 Å². The highest BCUT2D eigenvalue weighted by molar-refractivity contribution is 7.98. The van der Waals surface area contributed by atoms with Crippen LogP contribution >= 0.6 is 11.8 Å². The zero-order valence-corrected chi connectivity index (χ0v) is 6.57. The Morgan fingerprint density at radius 1 is 1.56 bits per heavy atom. The van der Waals surface area contributed by atoms with Crippen LogP contribution in [0.2, 0.25) is 0 Å². The highest BCUT2D eigenvalue weighted by Gasteiger charge is 1.98. The molecule has 0 aliphatic carbocycles. The maximum absolute atomic E-state index is 4.14. The zero-order chi connectivity index (χ0) is 6.85. The van der Waals surface area contributed by atoms with Crippen molar-refractivity contribution in [1.82, 2.24) is 14.8 Å². The van der Waals surface area contributed by atoms with Crippen LogP contribution in [0.1, 0.15) is 5.82 Å². The molecule has 50 valence electrons. The van der Waals surface area contributed by atoms with Gasteiger partial charge in [0, 0.05) is 7.05 Å². The van der Waals surface area contributed by atoms with Crippen LogP contribution in [0, 0.1) is 6.92 Å². The van der Waals surface area contributed by atoms with Gasteiger partial charge in [-0.15, -0.1) is 0 Å². The number of hydrogen-bond acceptors (Lipinski definition) is 3. The standard InChI is InChI=1S/C5H9N3S/c1-4-6-5(9-3)8(2)7-4/h1-3H3. The normalized spacial score (nSPS) is 10.1. The first-order valence-corrected chi connectivity index (χ1v) is 3.88. The average molecular weight is 143 g/mol. The van der Waals surface area contributed by atoms with E-state index in [-0.39, 0.29) is 0 Å². The van der Waals surface area contributed by atoms with Crippen molar-refractivity contribution in [3.8, 4) is 0 Å². The van der Waals surface area contributed by atoms with Gasteiger partial charge in [-0.3, -0.25) is 0 Å². The van der Waals surface area contributed by atoms with Crippen LogP contribution < -0.4 is 0 Å². The van der Waals surface area contributed by atoms with E-state index in [1.165, 1.54) is 0 Å². The Labute approximate surface area is 58.5 Å². The number of aromatic nitrogens is 3. The number of rotatable bonds is 1. The molecule has 0 aliphatic rings. The second-order valence-corrected chi connectivity index (χ2v) is 2.54. The van der Waals surface area contributed by atoms with Gasteiger partial charge in [0.25, 0.3) is 0 Å². The van der Waals surface area contributed by atoms with Gasteiger partial charge in [-0.05, 0) is 13.2 Å². The van der Waals surface area contributed by atoms with Crippen LogP contribution in [-0.4, -0.2) is 21.0 Å². The van der Waals surface area contributed by atoms with E-state index in [2.05, 4.69) is 10.1 Å². The summed E-state index contributed by atoms with van der Waals surface area (Å²) < 4.78 is 1.78. The summed E-state index contributed by atoms with van der Waals surface area (Å²) in [6.45, 7) is 1.89. The van der Waals surface area contributed by atoms with Crippen LogP contribution in [0.4, 0.5) is 0 Å². The fourth-order valence-corrected chi connectivity index (χ4v) is 1.20. The zero-order valence-electron chi connectivity index (χ0n) is 5.75. The van der Waals surface area contributed by atoms with Crippen molar-refractivity contribution in [1.29, 1.82) is 0 Å². The molecule has 0 fully saturated rings. The van der Waals surface area contributed by atoms with Crippen LogP contribution in [0.5, 0.6) is 0 Å². The van der Waals surface area contributed by atoms with E-state index in [9.17, 15) is 0 Å². The third-order valence-corrected chi connectivity index (χ3v) is 1.73. The third kappa shape index (κ3) is 1.24. The van der Waals surface area contributed by atoms with E-state index in [1.807, 2.05) is 20.2 Å². The molecule has 0 unspecified atom stereocenters. The largest absolute Gasteiger partial charge is 0.244 e. The second kappa shape index (κ2) is 2.39. The van der Waals surface area contributed by atoms with Gasteiger partial charge < -0.3 is 0 Å². The van der Waals surface area contributed by atoms with Crippen LogP contribution in [0.15, 0.2) is 5.16 Å². The van der Waals surface area contributed by atoms with Crippen molar-refractivity contribution in [3.05, 3.63) is 5.82 Å². The molecule has 0 saturated carbocycles. The van der Waals surface area contributed by atoms with Crippen LogP contribution in [0.25, 0.3) is 0 Å². The third-order valence-electron chi connectivity index (χ3n) is 1.01. The molecule has 0 bridgehead atoms. The quantitative estimate of drug-likeness (QED) is 0.546. The molecule has 1 aromatic heterocycles. The summed E-state index contributed by atoms with van der Waals surface area (Å²) in [7, 11) is 1.89. The van der Waals surface area contributed by atoms with Gasteiger partial charge in [0.15, 0.2) is 5.16 Å². The van der Waals surface area contributed by atoms with E-state index >= 15 is 0 Å². The summed E-state index contributed by atoms with van der Waals surface area (Å²) in [6.07, 6.45) is 1.99. The van der Waals surface area contributed by atoms with E-state index in [1.54, 1.807) is 16.4 Å². The molecule has 0 atom stereocenters. The van der Waals surface area contributed by atoms with Crippen molar-refractivity contribution in [2.75, 3.05) is 6.26 Å². The number of hydrogen-bond donors (Lipinski definition) is 0. The van der Waals surface area contributed by atoms with Crippen molar-refractivity contribution in [2.24, 2.45) is 7.05 Å². The molecule has 0 aromatic carbocycles. The lowest BCUT2D eigenvalue weighted by atomic mass is 10.8. The van der Waals surface area contributed by atoms with Gasteiger partial charge in [-0.1, -0.05) is 11.8 Å². The predicted octanol–water partition coefficient (Wildman–Crippen LogP) is 0.845. The first kappa shape index (κ1) is 6.61. The molecule has 0 radical (unpaired) electrons. The predicted molar refractivity (Wildman–Crippen MR) is 37.5 cm³/mol. The monoisotopic (exact) mass is 143 g/mol. The van der Waals surface area contributed by atoms with Crippen molar-refractivity contribution in [3.63, 3.8) is 0 Å². The molecule has 0 aliphatic heterocycles. The number of nitrogens with zero attached hydrogens (tertiary/aromatic N) is 3. The maximum Gasteiger partial charge on any atom is 0.185 e. The Morgan fingerprint density at radius 3 is 2.44 bits per heavy atom. The molecule has 1 rings (SSSR count). The van der Waals surface area contributed by atoms with Gasteiger partial charge >= 0.3 is 0 Å². The minimum Gasteiger partial charge on any atom is -0.244 e. The Bertz CT molecular complexity index is 206. The minimum atomic E-state index is 0.835. The second-order valence-electron chi connectivity index (χ2n) is 1.77. The van der Waals surface area contributed by atoms with E-state index in [0.717, 1.165) is 11.0 Å². The van der Waals surface area contributed by atoms with E-state index < -0.39 is 0 Å². The molecule has 9 heavy (non-hydrogen) atoms. The number of aryl methyl sites for hydroxylation is 2. The molecule has 0 spiro atoms. The van der Waals surface area contributed by atoms with E-state index in [0.29, 0.717) is 0 Å². The Balaban J connectivity index is 3.01. The summed E-state index contributed by atoms with van der Waals surface area (Å²) in [4.78, 5) is 4.14. The van der Waals surface area contributed by atoms with Gasteiger partial charge in [-0.25, -0.2) is 9.67 Å². The van der Waals surface area contributed by atoms with Crippen molar-refractivity contribution in [2.45, 2.75) is 12.1 Å². The van der Waals surface area contributed by atoms with Gasteiger partial charge in [-0.2, -0.15) is 5.10 Å². The lowest BCUT2D eigenvalue weighted by Gasteiger charge is -1.89. The Kier molecular flexibility index (Phi) is 1.75. The first-order valence-electron chi connectivity index (χ1n) is 2.65. The molecule has 3 nitrogen and oxygen atoms in total. The summed E-state index contributed by atoms with van der Waals surface area (Å²) in [5.41, 5.74) is 0. The van der Waals surface area contributed by atoms with Gasteiger partial charge in [0.1, 0.15) is 5.82 Å². The highest BCUT2D eigenvalue weighted by Crippen LogP contribution is 2.08. The van der Waals surface area contributed by atoms with Crippen molar-refractivity contribution >= 4 is 11.8 Å². The minimum absolute atomic E-state index is 0.835. The molecule has 0 amide bonds. The molecule has 1 aromatic rings. The van der Waals surface area contributed by atoms with Crippen molar-refractivity contribution < 1.29 is 0 Å². The van der Waals surface area contributed by atoms with E-state index in [4.69, 9.17) is 0 Å². The molecule has 4 heteroatoms. The summed E-state index contributed by atoms with van der Waals surface area (Å²) in [5.74, 6) is 0.835. The molecule has 0 saturated heterocycles. The average Bonchev–Trinajstić information content (AvgIpc) is 2.10. The maximum atomic E-state index is 4.14. The smallest absolute Gasteiger partial charge is 0.185 e. The number of thioether (sulfide) groups is 1.